The Labute approximate surface area is 177 Å². The first kappa shape index (κ1) is 21.4. The van der Waals surface area contributed by atoms with Gasteiger partial charge >= 0.3 is 5.97 Å². The Morgan fingerprint density at radius 1 is 1.16 bits per heavy atom. The first-order chi connectivity index (χ1) is 14.8. The van der Waals surface area contributed by atoms with Crippen LogP contribution in [0.3, 0.4) is 0 Å². The van der Waals surface area contributed by atoms with Crippen LogP contribution >= 0.6 is 0 Å². The first-order valence-corrected chi connectivity index (χ1v) is 10.9. The molecule has 0 unspecified atom stereocenters. The predicted molar refractivity (Wildman–Crippen MR) is 105 cm³/mol. The molecule has 2 aromatic rings. The lowest BCUT2D eigenvalue weighted by Gasteiger charge is -2.18. The summed E-state index contributed by atoms with van der Waals surface area (Å²) in [6, 6.07) is 4.87. The van der Waals surface area contributed by atoms with E-state index in [0.29, 0.717) is 5.69 Å². The van der Waals surface area contributed by atoms with Crippen LogP contribution in [0.1, 0.15) is 23.5 Å². The second-order valence-corrected chi connectivity index (χ2v) is 8.89. The maximum Gasteiger partial charge on any atom is 0.360 e. The zero-order valence-electron chi connectivity index (χ0n) is 16.7. The van der Waals surface area contributed by atoms with Gasteiger partial charge in [-0.1, -0.05) is 5.21 Å². The number of carbonyl (C=O) groups is 2. The number of hydrogen-bond acceptors (Lipinski definition) is 9. The number of ether oxygens (including phenoxy) is 3. The fourth-order valence-electron chi connectivity index (χ4n) is 3.63. The van der Waals surface area contributed by atoms with E-state index < -0.39 is 34.2 Å². The van der Waals surface area contributed by atoms with Crippen molar-refractivity contribution in [3.05, 3.63) is 36.2 Å². The number of anilines is 1. The van der Waals surface area contributed by atoms with Gasteiger partial charge in [-0.25, -0.2) is 22.6 Å². The molecule has 12 nitrogen and oxygen atoms in total. The number of esters is 1. The van der Waals surface area contributed by atoms with Crippen LogP contribution in [0, 0.1) is 0 Å². The monoisotopic (exact) mass is 451 g/mol. The van der Waals surface area contributed by atoms with Gasteiger partial charge in [0.1, 0.15) is 18.2 Å². The minimum absolute atomic E-state index is 0.0543. The van der Waals surface area contributed by atoms with Crippen molar-refractivity contribution in [3.63, 3.8) is 0 Å². The Hall–Kier alpha value is -2.87. The van der Waals surface area contributed by atoms with Crippen LogP contribution < -0.4 is 10.0 Å². The van der Waals surface area contributed by atoms with Crippen LogP contribution in [0.2, 0.25) is 0 Å². The zero-order valence-corrected chi connectivity index (χ0v) is 17.5. The Kier molecular flexibility index (Phi) is 5.75. The van der Waals surface area contributed by atoms with Crippen LogP contribution in [0.25, 0.3) is 0 Å². The van der Waals surface area contributed by atoms with Gasteiger partial charge in [0.25, 0.3) is 0 Å². The standard InChI is InChI=1S/C18H21N5O7S/c1-10(24)19-11-3-5-12(6-4-11)31(26,27)21-14-8-29-17-15(9-30-16(14)17)23-7-13(20-22-23)18(25)28-2/h3-7,14-17,21H,8-9H2,1-2H3,(H,19,24)/t14-,15+,16-,17+/m1/s1. The molecule has 166 valence electrons. The van der Waals surface area contributed by atoms with E-state index in [-0.39, 0.29) is 35.8 Å². The summed E-state index contributed by atoms with van der Waals surface area (Å²) in [7, 11) is -2.59. The highest BCUT2D eigenvalue weighted by molar-refractivity contribution is 7.89. The lowest BCUT2D eigenvalue weighted by molar-refractivity contribution is -0.114. The number of hydrogen-bond donors (Lipinski definition) is 2. The number of sulfonamides is 1. The number of nitrogens with one attached hydrogen (secondary N) is 2. The highest BCUT2D eigenvalue weighted by atomic mass is 32.2. The maximum absolute atomic E-state index is 12.8. The zero-order chi connectivity index (χ0) is 22.2. The normalized spacial score (nSPS) is 25.2. The van der Waals surface area contributed by atoms with Gasteiger partial charge in [0.15, 0.2) is 5.69 Å². The van der Waals surface area contributed by atoms with Crippen molar-refractivity contribution >= 4 is 27.6 Å². The average molecular weight is 451 g/mol. The molecular weight excluding hydrogens is 430 g/mol. The number of nitrogens with zero attached hydrogens (tertiary/aromatic N) is 3. The first-order valence-electron chi connectivity index (χ1n) is 9.42. The molecule has 2 N–H and O–H groups in total. The molecule has 2 fully saturated rings. The maximum atomic E-state index is 12.8. The molecule has 13 heteroatoms. The molecule has 1 amide bonds. The van der Waals surface area contributed by atoms with Crippen molar-refractivity contribution in [1.82, 2.24) is 19.7 Å². The van der Waals surface area contributed by atoms with Crippen molar-refractivity contribution < 1.29 is 32.2 Å². The number of benzene rings is 1. The van der Waals surface area contributed by atoms with Crippen molar-refractivity contribution in [2.24, 2.45) is 0 Å². The summed E-state index contributed by atoms with van der Waals surface area (Å²) >= 11 is 0. The SMILES string of the molecule is COC(=O)c1cn([C@H]2CO[C@H]3[C@H]2OC[C@H]3NS(=O)(=O)c2ccc(NC(C)=O)cc2)nn1. The summed E-state index contributed by atoms with van der Waals surface area (Å²) in [4.78, 5) is 22.8. The second kappa shape index (κ2) is 8.34. The number of fused-ring (bicyclic) bond motifs is 1. The summed E-state index contributed by atoms with van der Waals surface area (Å²) in [6.07, 6.45) is 0.464. The molecule has 0 radical (unpaired) electrons. The van der Waals surface area contributed by atoms with E-state index >= 15 is 0 Å². The van der Waals surface area contributed by atoms with Gasteiger partial charge in [-0.05, 0) is 24.3 Å². The molecule has 0 spiro atoms. The molecule has 4 atom stereocenters. The molecule has 0 aliphatic carbocycles. The van der Waals surface area contributed by atoms with Gasteiger partial charge in [-0.2, -0.15) is 0 Å². The third-order valence-electron chi connectivity index (χ3n) is 5.06. The third-order valence-corrected chi connectivity index (χ3v) is 6.57. The van der Waals surface area contributed by atoms with E-state index in [1.165, 1.54) is 49.2 Å². The van der Waals surface area contributed by atoms with Gasteiger partial charge in [0.05, 0.1) is 37.5 Å². The van der Waals surface area contributed by atoms with E-state index in [9.17, 15) is 18.0 Å². The topological polar surface area (TPSA) is 151 Å². The molecule has 0 bridgehead atoms. The second-order valence-electron chi connectivity index (χ2n) is 7.17. The van der Waals surface area contributed by atoms with Gasteiger partial charge in [-0.3, -0.25) is 4.79 Å². The molecule has 2 aliphatic rings. The van der Waals surface area contributed by atoms with E-state index in [1.807, 2.05) is 0 Å². The summed E-state index contributed by atoms with van der Waals surface area (Å²) in [5, 5.41) is 10.3. The van der Waals surface area contributed by atoms with Gasteiger partial charge in [0.2, 0.25) is 15.9 Å². The highest BCUT2D eigenvalue weighted by Crippen LogP contribution is 2.34. The van der Waals surface area contributed by atoms with Crippen molar-refractivity contribution in [2.75, 3.05) is 25.6 Å². The Morgan fingerprint density at radius 2 is 1.87 bits per heavy atom. The lowest BCUT2D eigenvalue weighted by atomic mass is 10.1. The van der Waals surface area contributed by atoms with E-state index in [1.54, 1.807) is 0 Å². The minimum Gasteiger partial charge on any atom is -0.464 e. The van der Waals surface area contributed by atoms with Gasteiger partial charge in [-0.15, -0.1) is 5.10 Å². The van der Waals surface area contributed by atoms with Crippen molar-refractivity contribution in [1.29, 1.82) is 0 Å². The van der Waals surface area contributed by atoms with Crippen LogP contribution in [-0.4, -0.2) is 73.9 Å². The molecule has 1 aromatic carbocycles. The van der Waals surface area contributed by atoms with Crippen LogP contribution in [0.15, 0.2) is 35.4 Å². The molecule has 0 saturated carbocycles. The summed E-state index contributed by atoms with van der Waals surface area (Å²) in [5.41, 5.74) is 0.556. The Balaban J connectivity index is 1.44. The van der Waals surface area contributed by atoms with Crippen molar-refractivity contribution in [2.45, 2.75) is 36.1 Å². The van der Waals surface area contributed by atoms with Crippen LogP contribution in [0.4, 0.5) is 5.69 Å². The van der Waals surface area contributed by atoms with E-state index in [0.717, 1.165) is 0 Å². The summed E-state index contributed by atoms with van der Waals surface area (Å²) < 4.78 is 45.9. The smallest absolute Gasteiger partial charge is 0.360 e. The fourth-order valence-corrected chi connectivity index (χ4v) is 4.86. The van der Waals surface area contributed by atoms with Gasteiger partial charge < -0.3 is 19.5 Å². The predicted octanol–water partition coefficient (Wildman–Crippen LogP) is -0.291. The average Bonchev–Trinajstić information content (AvgIpc) is 3.44. The molecule has 4 rings (SSSR count). The Morgan fingerprint density at radius 3 is 2.55 bits per heavy atom. The molecule has 3 heterocycles. The van der Waals surface area contributed by atoms with Crippen LogP contribution in [-0.2, 0) is 29.0 Å². The van der Waals surface area contributed by atoms with E-state index in [2.05, 4.69) is 25.1 Å². The number of rotatable bonds is 6. The third kappa shape index (κ3) is 4.30. The number of amides is 1. The number of aromatic nitrogens is 3. The van der Waals surface area contributed by atoms with E-state index in [4.69, 9.17) is 9.47 Å². The van der Waals surface area contributed by atoms with Crippen molar-refractivity contribution in [3.8, 4) is 0 Å². The number of carbonyl (C=O) groups excluding carboxylic acids is 2. The summed E-state index contributed by atoms with van der Waals surface area (Å²) in [6.45, 7) is 1.71. The lowest BCUT2D eigenvalue weighted by Crippen LogP contribution is -2.44. The molecule has 31 heavy (non-hydrogen) atoms. The summed E-state index contributed by atoms with van der Waals surface area (Å²) in [5.74, 6) is -0.855. The van der Waals surface area contributed by atoms with Crippen LogP contribution in [0.5, 0.6) is 0 Å². The minimum atomic E-state index is -3.84. The largest absolute Gasteiger partial charge is 0.464 e. The fraction of sp³-hybridized carbons (Fsp3) is 0.444. The number of methoxy groups -OCH3 is 1. The van der Waals surface area contributed by atoms with Gasteiger partial charge in [0, 0.05) is 12.6 Å². The highest BCUT2D eigenvalue weighted by Gasteiger charge is 2.50. The quantitative estimate of drug-likeness (QED) is 0.565. The molecule has 2 aliphatic heterocycles. The molecule has 2 saturated heterocycles. The Bertz CT molecular complexity index is 1080. The molecule has 1 aromatic heterocycles. The molecular formula is C18H21N5O7S.